The van der Waals surface area contributed by atoms with Gasteiger partial charge in [-0.05, 0) is 89.3 Å². The molecule has 1 aromatic carbocycles. The summed E-state index contributed by atoms with van der Waals surface area (Å²) in [6, 6.07) is 9.48. The number of carbonyl (C=O) groups excluding carboxylic acids is 1. The fourth-order valence-electron chi connectivity index (χ4n) is 5.99. The second kappa shape index (κ2) is 8.59. The maximum atomic E-state index is 12.0. The largest absolute Gasteiger partial charge is 0.444 e. The Morgan fingerprint density at radius 2 is 1.74 bits per heavy atom. The summed E-state index contributed by atoms with van der Waals surface area (Å²) in [7, 11) is 0. The second-order valence-corrected chi connectivity index (χ2v) is 11.8. The van der Waals surface area contributed by atoms with Gasteiger partial charge in [-0.15, -0.1) is 0 Å². The van der Waals surface area contributed by atoms with Gasteiger partial charge >= 0.3 is 6.09 Å². The van der Waals surface area contributed by atoms with Gasteiger partial charge in [0, 0.05) is 42.4 Å². The lowest BCUT2D eigenvalue weighted by molar-refractivity contribution is -0.0179. The predicted octanol–water partition coefficient (Wildman–Crippen LogP) is 5.10. The molecular formula is C27H38N4O3. The van der Waals surface area contributed by atoms with Crippen LogP contribution in [-0.4, -0.2) is 54.1 Å². The van der Waals surface area contributed by atoms with Crippen molar-refractivity contribution in [1.82, 2.24) is 10.3 Å². The van der Waals surface area contributed by atoms with Crippen molar-refractivity contribution in [3.05, 3.63) is 30.5 Å². The van der Waals surface area contributed by atoms with E-state index in [-0.39, 0.29) is 24.3 Å². The van der Waals surface area contributed by atoms with Crippen LogP contribution in [0.5, 0.6) is 0 Å². The first-order chi connectivity index (χ1) is 16.1. The van der Waals surface area contributed by atoms with Crippen molar-refractivity contribution < 1.29 is 14.3 Å². The van der Waals surface area contributed by atoms with Crippen molar-refractivity contribution in [3.63, 3.8) is 0 Å². The highest BCUT2D eigenvalue weighted by atomic mass is 16.6. The molecule has 2 atom stereocenters. The number of morpholine rings is 1. The fourth-order valence-corrected chi connectivity index (χ4v) is 5.99. The summed E-state index contributed by atoms with van der Waals surface area (Å²) >= 11 is 0. The van der Waals surface area contributed by atoms with Crippen LogP contribution in [0.25, 0.3) is 10.8 Å². The SMILES string of the molecule is CC1CN(c2ccc3cc(NC4CC5(CC(NC(=O)OC(C)(C)C)C5)C4)ncc3c2)CC(C)O1. The van der Waals surface area contributed by atoms with Crippen LogP contribution >= 0.6 is 0 Å². The van der Waals surface area contributed by atoms with E-state index < -0.39 is 5.60 Å². The van der Waals surface area contributed by atoms with Crippen molar-refractivity contribution in [2.24, 2.45) is 5.41 Å². The van der Waals surface area contributed by atoms with Crippen LogP contribution in [0.3, 0.4) is 0 Å². The molecule has 1 saturated heterocycles. The number of pyridine rings is 1. The molecule has 1 aliphatic heterocycles. The zero-order valence-electron chi connectivity index (χ0n) is 21.1. The number of nitrogens with zero attached hydrogens (tertiary/aromatic N) is 2. The molecule has 3 fully saturated rings. The lowest BCUT2D eigenvalue weighted by atomic mass is 9.52. The monoisotopic (exact) mass is 466 g/mol. The summed E-state index contributed by atoms with van der Waals surface area (Å²) in [6.45, 7) is 11.8. The van der Waals surface area contributed by atoms with Gasteiger partial charge in [-0.2, -0.15) is 0 Å². The van der Waals surface area contributed by atoms with Gasteiger partial charge in [0.1, 0.15) is 11.4 Å². The van der Waals surface area contributed by atoms with Crippen molar-refractivity contribution >= 4 is 28.4 Å². The van der Waals surface area contributed by atoms with E-state index >= 15 is 0 Å². The highest BCUT2D eigenvalue weighted by molar-refractivity contribution is 5.87. The molecule has 34 heavy (non-hydrogen) atoms. The topological polar surface area (TPSA) is 75.7 Å². The van der Waals surface area contributed by atoms with Crippen LogP contribution in [-0.2, 0) is 9.47 Å². The Hall–Kier alpha value is -2.54. The van der Waals surface area contributed by atoms with Gasteiger partial charge in [0.15, 0.2) is 0 Å². The maximum absolute atomic E-state index is 12.0. The molecule has 2 N–H and O–H groups in total. The van der Waals surface area contributed by atoms with Gasteiger partial charge in [-0.25, -0.2) is 9.78 Å². The van der Waals surface area contributed by atoms with E-state index in [9.17, 15) is 4.79 Å². The highest BCUT2D eigenvalue weighted by Crippen LogP contribution is 2.56. The third-order valence-corrected chi connectivity index (χ3v) is 7.28. The molecule has 1 spiro atoms. The number of hydrogen-bond acceptors (Lipinski definition) is 6. The molecule has 2 heterocycles. The molecule has 184 valence electrons. The van der Waals surface area contributed by atoms with E-state index in [2.05, 4.69) is 53.6 Å². The Kier molecular flexibility index (Phi) is 5.87. The quantitative estimate of drug-likeness (QED) is 0.653. The maximum Gasteiger partial charge on any atom is 0.407 e. The van der Waals surface area contributed by atoms with E-state index in [1.807, 2.05) is 27.0 Å². The number of rotatable bonds is 4. The minimum absolute atomic E-state index is 0.237. The van der Waals surface area contributed by atoms with Crippen LogP contribution in [0, 0.1) is 5.41 Å². The first-order valence-electron chi connectivity index (χ1n) is 12.6. The third kappa shape index (κ3) is 5.09. The Labute approximate surface area is 202 Å². The zero-order valence-corrected chi connectivity index (χ0v) is 21.1. The molecule has 1 amide bonds. The van der Waals surface area contributed by atoms with Crippen LogP contribution in [0.2, 0.25) is 0 Å². The number of alkyl carbamates (subject to hydrolysis) is 1. The number of ether oxygens (including phenoxy) is 2. The van der Waals surface area contributed by atoms with Crippen LogP contribution < -0.4 is 15.5 Å². The van der Waals surface area contributed by atoms with Crippen molar-refractivity contribution in [2.75, 3.05) is 23.3 Å². The molecular weight excluding hydrogens is 428 g/mol. The molecule has 7 heteroatoms. The van der Waals surface area contributed by atoms with E-state index in [1.54, 1.807) is 0 Å². The van der Waals surface area contributed by atoms with Gasteiger partial charge in [-0.3, -0.25) is 0 Å². The van der Waals surface area contributed by atoms with E-state index in [1.165, 1.54) is 11.1 Å². The average molecular weight is 467 g/mol. The minimum Gasteiger partial charge on any atom is -0.444 e. The van der Waals surface area contributed by atoms with E-state index in [0.717, 1.165) is 50.0 Å². The van der Waals surface area contributed by atoms with Crippen LogP contribution in [0.1, 0.15) is 60.3 Å². The summed E-state index contributed by atoms with van der Waals surface area (Å²) in [5.41, 5.74) is 1.15. The zero-order chi connectivity index (χ0) is 24.1. The van der Waals surface area contributed by atoms with Gasteiger partial charge < -0.3 is 25.0 Å². The van der Waals surface area contributed by atoms with Gasteiger partial charge in [0.05, 0.1) is 12.2 Å². The molecule has 7 nitrogen and oxygen atoms in total. The predicted molar refractivity (Wildman–Crippen MR) is 135 cm³/mol. The Morgan fingerprint density at radius 3 is 2.41 bits per heavy atom. The lowest BCUT2D eigenvalue weighted by Gasteiger charge is -2.57. The van der Waals surface area contributed by atoms with Crippen LogP contribution in [0.15, 0.2) is 30.5 Å². The van der Waals surface area contributed by atoms with E-state index in [4.69, 9.17) is 14.5 Å². The molecule has 1 aromatic heterocycles. The van der Waals surface area contributed by atoms with E-state index in [0.29, 0.717) is 11.5 Å². The number of anilines is 2. The summed E-state index contributed by atoms with van der Waals surface area (Å²) < 4.78 is 11.2. The van der Waals surface area contributed by atoms with Gasteiger partial charge in [-0.1, -0.05) is 6.07 Å². The number of fused-ring (bicyclic) bond motifs is 1. The first kappa shape index (κ1) is 23.2. The molecule has 2 saturated carbocycles. The molecule has 0 bridgehead atoms. The summed E-state index contributed by atoms with van der Waals surface area (Å²) in [6.07, 6.45) is 6.50. The van der Waals surface area contributed by atoms with Crippen molar-refractivity contribution in [2.45, 2.75) is 90.2 Å². The summed E-state index contributed by atoms with van der Waals surface area (Å²) in [4.78, 5) is 19.1. The Morgan fingerprint density at radius 1 is 1.06 bits per heavy atom. The van der Waals surface area contributed by atoms with Crippen molar-refractivity contribution in [1.29, 1.82) is 0 Å². The summed E-state index contributed by atoms with van der Waals surface area (Å²) in [5, 5.41) is 9.00. The number of amides is 1. The van der Waals surface area contributed by atoms with Gasteiger partial charge in [0.2, 0.25) is 0 Å². The number of carbonyl (C=O) groups is 1. The Balaban J connectivity index is 1.12. The minimum atomic E-state index is -0.453. The van der Waals surface area contributed by atoms with Crippen LogP contribution in [0.4, 0.5) is 16.3 Å². The molecule has 2 unspecified atom stereocenters. The third-order valence-electron chi connectivity index (χ3n) is 7.28. The second-order valence-electron chi connectivity index (χ2n) is 11.8. The van der Waals surface area contributed by atoms with Crippen molar-refractivity contribution in [3.8, 4) is 0 Å². The fraction of sp³-hybridized carbons (Fsp3) is 0.630. The highest BCUT2D eigenvalue weighted by Gasteiger charge is 2.53. The molecule has 3 aliphatic rings. The molecule has 2 aromatic rings. The number of aromatic nitrogens is 1. The number of hydrogen-bond donors (Lipinski definition) is 2. The average Bonchev–Trinajstić information content (AvgIpc) is 2.68. The van der Waals surface area contributed by atoms with Gasteiger partial charge in [0.25, 0.3) is 0 Å². The smallest absolute Gasteiger partial charge is 0.407 e. The summed E-state index contributed by atoms with van der Waals surface area (Å²) in [5.74, 6) is 0.941. The number of nitrogens with one attached hydrogen (secondary N) is 2. The first-order valence-corrected chi connectivity index (χ1v) is 12.6. The molecule has 2 aliphatic carbocycles. The Bertz CT molecular complexity index is 1040. The molecule has 5 rings (SSSR count). The number of benzene rings is 1. The molecule has 0 radical (unpaired) electrons. The standard InChI is InChI=1S/C27H38N4O3/c1-17-15-31(16-18(2)33-17)23-7-6-19-9-24(28-14-20(19)8-23)29-21-10-27(11-21)12-22(13-27)30-25(32)34-26(3,4)5/h6-9,14,17-18,21-22H,10-13,15-16H2,1-5H3,(H,28,29)(H,30,32). The lowest BCUT2D eigenvalue weighted by Crippen LogP contribution is -2.59. The normalized spacial score (nSPS) is 31.0.